The molecule has 0 unspecified atom stereocenters. The van der Waals surface area contributed by atoms with Gasteiger partial charge in [-0.3, -0.25) is 0 Å². The van der Waals surface area contributed by atoms with Crippen LogP contribution >= 0.6 is 11.6 Å². The molecule has 0 N–H and O–H groups in total. The quantitative estimate of drug-likeness (QED) is 0.647. The molecule has 1 rings (SSSR count). The summed E-state index contributed by atoms with van der Waals surface area (Å²) in [5, 5.41) is 0. The molecule has 70 valence electrons. The van der Waals surface area contributed by atoms with Crippen LogP contribution < -0.4 is 0 Å². The molecule has 13 heavy (non-hydrogen) atoms. The fourth-order valence-electron chi connectivity index (χ4n) is 1.07. The van der Waals surface area contributed by atoms with Crippen LogP contribution in [0.4, 0.5) is 4.39 Å². The lowest BCUT2D eigenvalue weighted by Gasteiger charge is -1.99. The van der Waals surface area contributed by atoms with E-state index in [0.29, 0.717) is 5.88 Å². The number of hydrogen-bond acceptors (Lipinski definition) is 0. The largest absolute Gasteiger partial charge is 0.207 e. The van der Waals surface area contributed by atoms with Crippen LogP contribution in [0.2, 0.25) is 0 Å². The van der Waals surface area contributed by atoms with Gasteiger partial charge in [0, 0.05) is 5.88 Å². The van der Waals surface area contributed by atoms with Crippen molar-refractivity contribution < 1.29 is 4.39 Å². The van der Waals surface area contributed by atoms with Crippen molar-refractivity contribution in [3.8, 4) is 0 Å². The van der Waals surface area contributed by atoms with Crippen LogP contribution in [-0.2, 0) is 0 Å². The fraction of sp³-hybridized carbons (Fsp3) is 0.273. The van der Waals surface area contributed by atoms with E-state index >= 15 is 0 Å². The number of benzene rings is 1. The molecule has 0 atom stereocenters. The molecule has 0 radical (unpaired) electrons. The molecule has 1 aromatic carbocycles. The Morgan fingerprint density at radius 3 is 2.85 bits per heavy atom. The first kappa shape index (κ1) is 10.3. The molecule has 0 aliphatic rings. The monoisotopic (exact) mass is 198 g/mol. The van der Waals surface area contributed by atoms with Gasteiger partial charge in [0.1, 0.15) is 5.82 Å². The lowest BCUT2D eigenvalue weighted by Crippen LogP contribution is -1.83. The zero-order chi connectivity index (χ0) is 9.68. The lowest BCUT2D eigenvalue weighted by molar-refractivity contribution is 0.627. The van der Waals surface area contributed by atoms with E-state index in [1.807, 2.05) is 19.1 Å². The van der Waals surface area contributed by atoms with Gasteiger partial charge in [-0.2, -0.15) is 0 Å². The summed E-state index contributed by atoms with van der Waals surface area (Å²) in [5.74, 6) is 0.297. The second-order valence-corrected chi connectivity index (χ2v) is 3.11. The van der Waals surface area contributed by atoms with Crippen LogP contribution in [0.1, 0.15) is 18.9 Å². The summed E-state index contributed by atoms with van der Waals surface area (Å²) >= 11 is 5.70. The van der Waals surface area contributed by atoms with Crippen molar-refractivity contribution in [1.82, 2.24) is 0 Å². The molecule has 0 saturated heterocycles. The van der Waals surface area contributed by atoms with Crippen molar-refractivity contribution in [1.29, 1.82) is 0 Å². The Bertz CT molecular complexity index is 299. The molecule has 0 aliphatic heterocycles. The van der Waals surface area contributed by atoms with E-state index in [-0.39, 0.29) is 5.82 Å². The molecule has 0 heterocycles. The van der Waals surface area contributed by atoms with Gasteiger partial charge in [0.05, 0.1) is 0 Å². The number of hydrogen-bond donors (Lipinski definition) is 0. The average Bonchev–Trinajstić information content (AvgIpc) is 2.14. The van der Waals surface area contributed by atoms with Crippen molar-refractivity contribution in [3.05, 3.63) is 41.2 Å². The summed E-state index contributed by atoms with van der Waals surface area (Å²) in [6.07, 6.45) is 2.83. The standard InChI is InChI=1S/C11H12ClF/c1-2-9(8-12)6-10-4-3-5-11(13)7-10/h3-7H,2,8H2,1H3/b9-6-. The van der Waals surface area contributed by atoms with E-state index in [1.54, 1.807) is 6.07 Å². The third-order valence-corrected chi connectivity index (χ3v) is 2.19. The predicted octanol–water partition coefficient (Wildman–Crippen LogP) is 3.86. The van der Waals surface area contributed by atoms with Gasteiger partial charge in [-0.25, -0.2) is 4.39 Å². The number of alkyl halides is 1. The van der Waals surface area contributed by atoms with Gasteiger partial charge in [-0.1, -0.05) is 30.7 Å². The smallest absolute Gasteiger partial charge is 0.123 e. The van der Waals surface area contributed by atoms with Gasteiger partial charge in [0.15, 0.2) is 0 Å². The second-order valence-electron chi connectivity index (χ2n) is 2.84. The molecule has 0 bridgehead atoms. The van der Waals surface area contributed by atoms with E-state index in [4.69, 9.17) is 11.6 Å². The van der Waals surface area contributed by atoms with Crippen LogP contribution in [0.3, 0.4) is 0 Å². The van der Waals surface area contributed by atoms with Gasteiger partial charge in [0.25, 0.3) is 0 Å². The SMILES string of the molecule is CC/C(=C/c1cccc(F)c1)CCl. The Morgan fingerprint density at radius 2 is 2.31 bits per heavy atom. The lowest BCUT2D eigenvalue weighted by atomic mass is 10.1. The van der Waals surface area contributed by atoms with E-state index in [1.165, 1.54) is 12.1 Å². The van der Waals surface area contributed by atoms with Crippen LogP contribution in [0.25, 0.3) is 6.08 Å². The van der Waals surface area contributed by atoms with Gasteiger partial charge in [0.2, 0.25) is 0 Å². The minimum Gasteiger partial charge on any atom is -0.207 e. The van der Waals surface area contributed by atoms with Gasteiger partial charge in [-0.15, -0.1) is 11.6 Å². The Kier molecular flexibility index (Phi) is 3.97. The average molecular weight is 199 g/mol. The van der Waals surface area contributed by atoms with Crippen molar-refractivity contribution in [3.63, 3.8) is 0 Å². The van der Waals surface area contributed by atoms with Crippen LogP contribution in [0, 0.1) is 5.82 Å². The second kappa shape index (κ2) is 5.03. The minimum absolute atomic E-state index is 0.209. The molecule has 0 saturated carbocycles. The molecule has 0 spiro atoms. The maximum Gasteiger partial charge on any atom is 0.123 e. The minimum atomic E-state index is -0.209. The van der Waals surface area contributed by atoms with Gasteiger partial charge in [-0.05, 0) is 24.1 Å². The number of allylic oxidation sites excluding steroid dienone is 1. The van der Waals surface area contributed by atoms with Gasteiger partial charge < -0.3 is 0 Å². The molecular weight excluding hydrogens is 187 g/mol. The molecule has 0 nitrogen and oxygen atoms in total. The predicted molar refractivity (Wildman–Crippen MR) is 55.4 cm³/mol. The zero-order valence-electron chi connectivity index (χ0n) is 7.56. The summed E-state index contributed by atoms with van der Waals surface area (Å²) in [4.78, 5) is 0. The third-order valence-electron chi connectivity index (χ3n) is 1.85. The van der Waals surface area contributed by atoms with Gasteiger partial charge >= 0.3 is 0 Å². The van der Waals surface area contributed by atoms with Crippen LogP contribution in [0.15, 0.2) is 29.8 Å². The molecule has 2 heteroatoms. The van der Waals surface area contributed by atoms with E-state index < -0.39 is 0 Å². The zero-order valence-corrected chi connectivity index (χ0v) is 8.31. The van der Waals surface area contributed by atoms with Crippen molar-refractivity contribution in [2.24, 2.45) is 0 Å². The Balaban J connectivity index is 2.89. The summed E-state index contributed by atoms with van der Waals surface area (Å²) in [6.45, 7) is 2.04. The summed E-state index contributed by atoms with van der Waals surface area (Å²) in [5.41, 5.74) is 1.99. The highest BCUT2D eigenvalue weighted by Crippen LogP contribution is 2.12. The number of rotatable bonds is 3. The van der Waals surface area contributed by atoms with E-state index in [2.05, 4.69) is 0 Å². The van der Waals surface area contributed by atoms with E-state index in [9.17, 15) is 4.39 Å². The highest BCUT2D eigenvalue weighted by molar-refractivity contribution is 6.19. The van der Waals surface area contributed by atoms with Crippen LogP contribution in [0.5, 0.6) is 0 Å². The maximum atomic E-state index is 12.8. The Labute approximate surface area is 83.0 Å². The molecule has 1 aromatic rings. The topological polar surface area (TPSA) is 0 Å². The molecule has 0 aromatic heterocycles. The first-order valence-corrected chi connectivity index (χ1v) is 4.80. The highest BCUT2D eigenvalue weighted by atomic mass is 35.5. The van der Waals surface area contributed by atoms with Crippen LogP contribution in [-0.4, -0.2) is 5.88 Å². The van der Waals surface area contributed by atoms with Crippen molar-refractivity contribution >= 4 is 17.7 Å². The fourth-order valence-corrected chi connectivity index (χ4v) is 1.33. The summed E-state index contributed by atoms with van der Waals surface area (Å²) in [7, 11) is 0. The Hall–Kier alpha value is -0.820. The first-order valence-electron chi connectivity index (χ1n) is 4.27. The highest BCUT2D eigenvalue weighted by Gasteiger charge is 1.94. The first-order chi connectivity index (χ1) is 6.26. The normalized spacial score (nSPS) is 11.8. The number of halogens is 2. The summed E-state index contributed by atoms with van der Waals surface area (Å²) < 4.78 is 12.8. The Morgan fingerprint density at radius 1 is 1.54 bits per heavy atom. The molecule has 0 fully saturated rings. The van der Waals surface area contributed by atoms with Crippen molar-refractivity contribution in [2.75, 3.05) is 5.88 Å². The molecule has 0 amide bonds. The maximum absolute atomic E-state index is 12.8. The van der Waals surface area contributed by atoms with E-state index in [0.717, 1.165) is 17.6 Å². The molecular formula is C11H12ClF. The molecule has 0 aliphatic carbocycles. The van der Waals surface area contributed by atoms with Crippen molar-refractivity contribution in [2.45, 2.75) is 13.3 Å². The summed E-state index contributed by atoms with van der Waals surface area (Å²) in [6, 6.07) is 6.50. The third kappa shape index (κ3) is 3.19.